The van der Waals surface area contributed by atoms with E-state index in [1.54, 1.807) is 6.92 Å². The number of nitrogens with one attached hydrogen (secondary N) is 2. The lowest BCUT2D eigenvalue weighted by Gasteiger charge is -2.29. The average molecular weight is 326 g/mol. The van der Waals surface area contributed by atoms with E-state index in [0.29, 0.717) is 16.4 Å². The molecule has 0 saturated carbocycles. The van der Waals surface area contributed by atoms with Crippen LogP contribution in [0.2, 0.25) is 0 Å². The molecule has 94 valence electrons. The third kappa shape index (κ3) is 2.54. The molecule has 1 aliphatic rings. The molecule has 0 unspecified atom stereocenters. The fourth-order valence-corrected chi connectivity index (χ4v) is 2.46. The van der Waals surface area contributed by atoms with E-state index in [2.05, 4.69) is 26.6 Å². The topological polar surface area (TPSA) is 67.2 Å². The largest absolute Gasteiger partial charge is 0.366 e. The highest BCUT2D eigenvalue weighted by molar-refractivity contribution is 9.10. The molecule has 1 aliphatic heterocycles. The number of carbonyl (C=O) groups is 1. The Labute approximate surface area is 119 Å². The lowest BCUT2D eigenvalue weighted by Crippen LogP contribution is -2.46. The molecule has 2 rings (SSSR count). The fraction of sp³-hybridized carbons (Fsp3) is 0.167. The molecular weight excluding hydrogens is 314 g/mol. The van der Waals surface area contributed by atoms with Crippen LogP contribution in [0.15, 0.2) is 40.0 Å². The molecule has 1 atom stereocenters. The first-order valence-electron chi connectivity index (χ1n) is 5.32. The fourth-order valence-electron chi connectivity index (χ4n) is 1.93. The van der Waals surface area contributed by atoms with Crippen molar-refractivity contribution in [2.24, 2.45) is 5.73 Å². The second-order valence-corrected chi connectivity index (χ2v) is 5.31. The zero-order valence-corrected chi connectivity index (χ0v) is 12.1. The van der Waals surface area contributed by atoms with Crippen molar-refractivity contribution in [3.8, 4) is 0 Å². The lowest BCUT2D eigenvalue weighted by atomic mass is 9.95. The van der Waals surface area contributed by atoms with Gasteiger partial charge in [0.15, 0.2) is 5.11 Å². The van der Waals surface area contributed by atoms with E-state index < -0.39 is 5.91 Å². The highest BCUT2D eigenvalue weighted by Crippen LogP contribution is 2.27. The van der Waals surface area contributed by atoms with Crippen molar-refractivity contribution >= 4 is 39.2 Å². The molecule has 4 N–H and O–H groups in total. The van der Waals surface area contributed by atoms with Crippen LogP contribution in [0.25, 0.3) is 0 Å². The molecule has 1 amide bonds. The first kappa shape index (κ1) is 13.0. The van der Waals surface area contributed by atoms with Gasteiger partial charge in [0.2, 0.25) is 5.91 Å². The van der Waals surface area contributed by atoms with Gasteiger partial charge in [-0.15, -0.1) is 0 Å². The van der Waals surface area contributed by atoms with Crippen LogP contribution in [-0.2, 0) is 4.79 Å². The van der Waals surface area contributed by atoms with Crippen molar-refractivity contribution in [3.05, 3.63) is 45.6 Å². The van der Waals surface area contributed by atoms with Gasteiger partial charge in [-0.05, 0) is 36.8 Å². The van der Waals surface area contributed by atoms with Crippen LogP contribution in [0.3, 0.4) is 0 Å². The van der Waals surface area contributed by atoms with E-state index in [1.807, 2.05) is 24.3 Å². The molecule has 0 radical (unpaired) electrons. The van der Waals surface area contributed by atoms with Gasteiger partial charge >= 0.3 is 0 Å². The van der Waals surface area contributed by atoms with Crippen molar-refractivity contribution in [2.75, 3.05) is 0 Å². The van der Waals surface area contributed by atoms with Crippen LogP contribution in [0.5, 0.6) is 0 Å². The molecule has 1 aromatic carbocycles. The van der Waals surface area contributed by atoms with Crippen LogP contribution in [0.4, 0.5) is 0 Å². The van der Waals surface area contributed by atoms with Gasteiger partial charge in [0.1, 0.15) is 0 Å². The second kappa shape index (κ2) is 5.07. The summed E-state index contributed by atoms with van der Waals surface area (Å²) >= 11 is 8.48. The third-order valence-corrected chi connectivity index (χ3v) is 3.49. The summed E-state index contributed by atoms with van der Waals surface area (Å²) in [5, 5.41) is 6.46. The first-order chi connectivity index (χ1) is 8.49. The molecule has 0 spiro atoms. The van der Waals surface area contributed by atoms with Gasteiger partial charge in [0.05, 0.1) is 11.6 Å². The minimum Gasteiger partial charge on any atom is -0.366 e. The number of carbonyl (C=O) groups excluding carboxylic acids is 1. The molecule has 1 aromatic rings. The molecule has 0 fully saturated rings. The van der Waals surface area contributed by atoms with Crippen LogP contribution in [0.1, 0.15) is 18.5 Å². The number of hydrogen-bond donors (Lipinski definition) is 3. The lowest BCUT2D eigenvalue weighted by molar-refractivity contribution is -0.115. The van der Waals surface area contributed by atoms with E-state index in [0.717, 1.165) is 10.0 Å². The number of halogens is 1. The molecular formula is C12H12BrN3OS. The summed E-state index contributed by atoms with van der Waals surface area (Å²) in [6, 6.07) is 7.37. The van der Waals surface area contributed by atoms with E-state index >= 15 is 0 Å². The number of nitrogens with two attached hydrogens (primary N) is 1. The number of rotatable bonds is 2. The number of benzene rings is 1. The highest BCUT2D eigenvalue weighted by atomic mass is 79.9. The number of allylic oxidation sites excluding steroid dienone is 1. The predicted molar refractivity (Wildman–Crippen MR) is 77.6 cm³/mol. The van der Waals surface area contributed by atoms with Gasteiger partial charge in [0, 0.05) is 10.2 Å². The zero-order valence-electron chi connectivity index (χ0n) is 9.66. The maximum absolute atomic E-state index is 11.6. The van der Waals surface area contributed by atoms with Crippen molar-refractivity contribution < 1.29 is 4.79 Å². The molecule has 0 saturated heterocycles. The van der Waals surface area contributed by atoms with Crippen LogP contribution < -0.4 is 16.4 Å². The van der Waals surface area contributed by atoms with Crippen LogP contribution >= 0.6 is 28.1 Å². The number of hydrogen-bond acceptors (Lipinski definition) is 2. The normalized spacial score (nSPS) is 19.2. The Morgan fingerprint density at radius 3 is 2.56 bits per heavy atom. The van der Waals surface area contributed by atoms with Gasteiger partial charge in [0.25, 0.3) is 0 Å². The highest BCUT2D eigenvalue weighted by Gasteiger charge is 2.28. The summed E-state index contributed by atoms with van der Waals surface area (Å²) in [5.74, 6) is -0.456. The number of primary amides is 1. The first-order valence-corrected chi connectivity index (χ1v) is 6.52. The monoisotopic (exact) mass is 325 g/mol. The minimum atomic E-state index is -0.456. The summed E-state index contributed by atoms with van der Waals surface area (Å²) in [6.07, 6.45) is 0. The van der Waals surface area contributed by atoms with Gasteiger partial charge in [-0.2, -0.15) is 0 Å². The van der Waals surface area contributed by atoms with Crippen molar-refractivity contribution in [1.29, 1.82) is 0 Å². The minimum absolute atomic E-state index is 0.302. The second-order valence-electron chi connectivity index (χ2n) is 3.99. The third-order valence-electron chi connectivity index (χ3n) is 2.74. The zero-order chi connectivity index (χ0) is 13.3. The summed E-state index contributed by atoms with van der Waals surface area (Å²) < 4.78 is 0.976. The molecule has 4 nitrogen and oxygen atoms in total. The summed E-state index contributed by atoms with van der Waals surface area (Å²) in [7, 11) is 0. The van der Waals surface area contributed by atoms with Gasteiger partial charge in [-0.1, -0.05) is 28.1 Å². The Morgan fingerprint density at radius 2 is 2.00 bits per heavy atom. The van der Waals surface area contributed by atoms with Crippen LogP contribution in [-0.4, -0.2) is 11.0 Å². The van der Waals surface area contributed by atoms with Gasteiger partial charge in [-0.25, -0.2) is 0 Å². The summed E-state index contributed by atoms with van der Waals surface area (Å²) in [5.41, 5.74) is 7.57. The summed E-state index contributed by atoms with van der Waals surface area (Å²) in [4.78, 5) is 11.6. The Morgan fingerprint density at radius 1 is 1.39 bits per heavy atom. The molecule has 6 heteroatoms. The molecule has 1 heterocycles. The Balaban J connectivity index is 2.46. The van der Waals surface area contributed by atoms with Gasteiger partial charge in [-0.3, -0.25) is 4.79 Å². The van der Waals surface area contributed by atoms with Crippen LogP contribution in [0, 0.1) is 0 Å². The molecule has 0 aromatic heterocycles. The Bertz CT molecular complexity index is 539. The van der Waals surface area contributed by atoms with E-state index in [4.69, 9.17) is 18.0 Å². The van der Waals surface area contributed by atoms with Gasteiger partial charge < -0.3 is 16.4 Å². The quantitative estimate of drug-likeness (QED) is 0.724. The smallest absolute Gasteiger partial charge is 0.248 e. The van der Waals surface area contributed by atoms with Crippen molar-refractivity contribution in [2.45, 2.75) is 13.0 Å². The Hall–Kier alpha value is -1.40. The number of amides is 1. The molecule has 0 aliphatic carbocycles. The van der Waals surface area contributed by atoms with Crippen molar-refractivity contribution in [1.82, 2.24) is 10.6 Å². The SMILES string of the molecule is CC1=C(C(N)=O)[C@H](c2ccc(Br)cc2)NC(=S)N1. The van der Waals surface area contributed by atoms with E-state index in [1.165, 1.54) is 0 Å². The predicted octanol–water partition coefficient (Wildman–Crippen LogP) is 1.73. The molecule has 18 heavy (non-hydrogen) atoms. The van der Waals surface area contributed by atoms with E-state index in [9.17, 15) is 4.79 Å². The van der Waals surface area contributed by atoms with Crippen molar-refractivity contribution in [3.63, 3.8) is 0 Å². The number of thiocarbonyl (C=S) groups is 1. The standard InChI is InChI=1S/C12H12BrN3OS/c1-6-9(11(14)17)10(16-12(18)15-6)7-2-4-8(13)5-3-7/h2-5,10H,1H3,(H2,14,17)(H2,15,16,18)/t10-/m0/s1. The Kier molecular flexibility index (Phi) is 3.68. The maximum atomic E-state index is 11.6. The average Bonchev–Trinajstić information content (AvgIpc) is 2.28. The summed E-state index contributed by atoms with van der Waals surface area (Å²) in [6.45, 7) is 1.79. The maximum Gasteiger partial charge on any atom is 0.248 e. The van der Waals surface area contributed by atoms with E-state index in [-0.39, 0.29) is 6.04 Å². The molecule has 0 bridgehead atoms.